The standard InChI is InChI=1S/C14H15NO4/c1-2-5-11(14(17)18)15-13(16)10-8-19-12-7-4-3-6-9(10)12/h3-4,6-8,11H,2,5H2,1H3,(H,15,16)(H,17,18)/t11-/m0/s1. The van der Waals surface area contributed by atoms with Gasteiger partial charge in [-0.2, -0.15) is 0 Å². The van der Waals surface area contributed by atoms with Gasteiger partial charge in [0, 0.05) is 5.39 Å². The molecule has 1 aromatic heterocycles. The second-order valence-electron chi connectivity index (χ2n) is 4.30. The molecule has 19 heavy (non-hydrogen) atoms. The van der Waals surface area contributed by atoms with E-state index < -0.39 is 17.9 Å². The van der Waals surface area contributed by atoms with Gasteiger partial charge in [0.05, 0.1) is 5.56 Å². The Bertz CT molecular complexity index is 602. The number of para-hydroxylation sites is 1. The molecule has 0 aliphatic carbocycles. The van der Waals surface area contributed by atoms with Crippen LogP contribution < -0.4 is 5.32 Å². The van der Waals surface area contributed by atoms with E-state index in [1.807, 2.05) is 13.0 Å². The Labute approximate surface area is 110 Å². The fraction of sp³-hybridized carbons (Fsp3) is 0.286. The maximum Gasteiger partial charge on any atom is 0.326 e. The minimum atomic E-state index is -1.02. The average Bonchev–Trinajstić information content (AvgIpc) is 2.81. The van der Waals surface area contributed by atoms with Crippen molar-refractivity contribution in [3.8, 4) is 0 Å². The van der Waals surface area contributed by atoms with Crippen LogP contribution in [0.5, 0.6) is 0 Å². The van der Waals surface area contributed by atoms with Crippen molar-refractivity contribution in [1.82, 2.24) is 5.32 Å². The summed E-state index contributed by atoms with van der Waals surface area (Å²) >= 11 is 0. The summed E-state index contributed by atoms with van der Waals surface area (Å²) in [6, 6.07) is 6.27. The maximum atomic E-state index is 12.1. The number of benzene rings is 1. The zero-order valence-corrected chi connectivity index (χ0v) is 10.6. The first-order chi connectivity index (χ1) is 9.13. The Morgan fingerprint density at radius 2 is 2.11 bits per heavy atom. The molecule has 1 atom stereocenters. The fourth-order valence-corrected chi connectivity index (χ4v) is 1.94. The van der Waals surface area contributed by atoms with E-state index in [1.54, 1.807) is 18.2 Å². The third-order valence-corrected chi connectivity index (χ3v) is 2.91. The molecule has 0 radical (unpaired) electrons. The Morgan fingerprint density at radius 3 is 2.79 bits per heavy atom. The van der Waals surface area contributed by atoms with E-state index >= 15 is 0 Å². The molecule has 1 heterocycles. The van der Waals surface area contributed by atoms with Gasteiger partial charge in [-0.3, -0.25) is 4.79 Å². The number of nitrogens with one attached hydrogen (secondary N) is 1. The zero-order valence-electron chi connectivity index (χ0n) is 10.6. The van der Waals surface area contributed by atoms with Crippen molar-refractivity contribution in [3.05, 3.63) is 36.1 Å². The number of hydrogen-bond donors (Lipinski definition) is 2. The van der Waals surface area contributed by atoms with Crippen molar-refractivity contribution in [2.24, 2.45) is 0 Å². The van der Waals surface area contributed by atoms with Gasteiger partial charge < -0.3 is 14.8 Å². The second kappa shape index (κ2) is 5.56. The van der Waals surface area contributed by atoms with Gasteiger partial charge in [0.1, 0.15) is 17.9 Å². The molecule has 1 aromatic carbocycles. The molecule has 1 amide bonds. The lowest BCUT2D eigenvalue weighted by Gasteiger charge is -2.12. The number of hydrogen-bond acceptors (Lipinski definition) is 3. The van der Waals surface area contributed by atoms with E-state index in [2.05, 4.69) is 5.32 Å². The molecule has 2 aromatic rings. The summed E-state index contributed by atoms with van der Waals surface area (Å²) in [6.45, 7) is 1.87. The van der Waals surface area contributed by atoms with Gasteiger partial charge in [0.15, 0.2) is 0 Å². The van der Waals surface area contributed by atoms with Gasteiger partial charge in [-0.15, -0.1) is 0 Å². The highest BCUT2D eigenvalue weighted by Gasteiger charge is 2.21. The number of fused-ring (bicyclic) bond motifs is 1. The second-order valence-corrected chi connectivity index (χ2v) is 4.30. The van der Waals surface area contributed by atoms with Gasteiger partial charge in [0.2, 0.25) is 0 Å². The monoisotopic (exact) mass is 261 g/mol. The highest BCUT2D eigenvalue weighted by atomic mass is 16.4. The number of carboxylic acid groups (broad SMARTS) is 1. The smallest absolute Gasteiger partial charge is 0.326 e. The summed E-state index contributed by atoms with van der Waals surface area (Å²) in [7, 11) is 0. The molecule has 0 unspecified atom stereocenters. The first-order valence-electron chi connectivity index (χ1n) is 6.13. The maximum absolute atomic E-state index is 12.1. The zero-order chi connectivity index (χ0) is 13.8. The molecule has 2 N–H and O–H groups in total. The van der Waals surface area contributed by atoms with Crippen LogP contribution in [0.3, 0.4) is 0 Å². The Morgan fingerprint density at radius 1 is 1.37 bits per heavy atom. The van der Waals surface area contributed by atoms with Crippen LogP contribution in [-0.2, 0) is 4.79 Å². The molecule has 0 fully saturated rings. The molecule has 5 heteroatoms. The van der Waals surface area contributed by atoms with Gasteiger partial charge in [-0.05, 0) is 12.5 Å². The number of aliphatic carboxylic acids is 1. The highest BCUT2D eigenvalue weighted by molar-refractivity contribution is 6.06. The first kappa shape index (κ1) is 13.1. The van der Waals surface area contributed by atoms with Crippen molar-refractivity contribution in [2.45, 2.75) is 25.8 Å². The summed E-state index contributed by atoms with van der Waals surface area (Å²) in [4.78, 5) is 23.1. The van der Waals surface area contributed by atoms with Crippen LogP contribution in [0.4, 0.5) is 0 Å². The quantitative estimate of drug-likeness (QED) is 0.866. The number of rotatable bonds is 5. The lowest BCUT2D eigenvalue weighted by molar-refractivity contribution is -0.139. The van der Waals surface area contributed by atoms with E-state index in [1.165, 1.54) is 6.26 Å². The van der Waals surface area contributed by atoms with Gasteiger partial charge >= 0.3 is 5.97 Å². The third-order valence-electron chi connectivity index (χ3n) is 2.91. The molecule has 5 nitrogen and oxygen atoms in total. The van der Waals surface area contributed by atoms with E-state index in [9.17, 15) is 9.59 Å². The molecule has 0 bridgehead atoms. The van der Waals surface area contributed by atoms with Crippen molar-refractivity contribution in [2.75, 3.05) is 0 Å². The Balaban J connectivity index is 2.22. The SMILES string of the molecule is CCC[C@H](NC(=O)c1coc2ccccc12)C(=O)O. The molecule has 2 rings (SSSR count). The summed E-state index contributed by atoms with van der Waals surface area (Å²) in [6.07, 6.45) is 2.44. The fourth-order valence-electron chi connectivity index (χ4n) is 1.94. The van der Waals surface area contributed by atoms with Crippen LogP contribution in [0.25, 0.3) is 11.0 Å². The minimum absolute atomic E-state index is 0.359. The van der Waals surface area contributed by atoms with Crippen LogP contribution in [0.1, 0.15) is 30.1 Å². The molecule has 100 valence electrons. The van der Waals surface area contributed by atoms with Crippen LogP contribution >= 0.6 is 0 Å². The Kier molecular flexibility index (Phi) is 3.85. The van der Waals surface area contributed by atoms with Crippen molar-refractivity contribution < 1.29 is 19.1 Å². The average molecular weight is 261 g/mol. The lowest BCUT2D eigenvalue weighted by atomic mass is 10.1. The molecule has 0 aliphatic heterocycles. The van der Waals surface area contributed by atoms with Crippen molar-refractivity contribution >= 4 is 22.8 Å². The van der Waals surface area contributed by atoms with Gasteiger partial charge in [-0.25, -0.2) is 4.79 Å². The lowest BCUT2D eigenvalue weighted by Crippen LogP contribution is -2.40. The van der Waals surface area contributed by atoms with E-state index in [0.29, 0.717) is 29.4 Å². The van der Waals surface area contributed by atoms with Crippen LogP contribution in [0.2, 0.25) is 0 Å². The molecule has 0 saturated heterocycles. The van der Waals surface area contributed by atoms with E-state index in [0.717, 1.165) is 0 Å². The van der Waals surface area contributed by atoms with Crippen LogP contribution in [0, 0.1) is 0 Å². The molecular weight excluding hydrogens is 246 g/mol. The topological polar surface area (TPSA) is 79.5 Å². The largest absolute Gasteiger partial charge is 0.480 e. The third kappa shape index (κ3) is 2.76. The summed E-state index contributed by atoms with van der Waals surface area (Å²) in [5.41, 5.74) is 0.966. The molecule has 0 saturated carbocycles. The molecular formula is C14H15NO4. The number of carbonyl (C=O) groups excluding carboxylic acids is 1. The van der Waals surface area contributed by atoms with Crippen LogP contribution in [-0.4, -0.2) is 23.0 Å². The van der Waals surface area contributed by atoms with Gasteiger partial charge in [0.25, 0.3) is 5.91 Å². The summed E-state index contributed by atoms with van der Waals surface area (Å²) in [5, 5.41) is 12.2. The van der Waals surface area contributed by atoms with Crippen molar-refractivity contribution in [1.29, 1.82) is 0 Å². The normalized spacial score (nSPS) is 12.3. The molecule has 0 spiro atoms. The number of carboxylic acids is 1. The number of carbonyl (C=O) groups is 2. The highest BCUT2D eigenvalue weighted by Crippen LogP contribution is 2.20. The van der Waals surface area contributed by atoms with Crippen molar-refractivity contribution in [3.63, 3.8) is 0 Å². The van der Waals surface area contributed by atoms with E-state index in [4.69, 9.17) is 9.52 Å². The summed E-state index contributed by atoms with van der Waals surface area (Å²) < 4.78 is 5.26. The van der Waals surface area contributed by atoms with Crippen LogP contribution in [0.15, 0.2) is 34.9 Å². The van der Waals surface area contributed by atoms with Gasteiger partial charge in [-0.1, -0.05) is 31.5 Å². The minimum Gasteiger partial charge on any atom is -0.480 e. The van der Waals surface area contributed by atoms with E-state index in [-0.39, 0.29) is 0 Å². The summed E-state index contributed by atoms with van der Waals surface area (Å²) in [5.74, 6) is -1.45. The number of furan rings is 1. The predicted octanol–water partition coefficient (Wildman–Crippen LogP) is 2.42. The Hall–Kier alpha value is -2.30. The number of amides is 1. The predicted molar refractivity (Wildman–Crippen MR) is 70.0 cm³/mol. The molecule has 0 aliphatic rings. The first-order valence-corrected chi connectivity index (χ1v) is 6.13.